The minimum absolute atomic E-state index is 0.165. The fraction of sp³-hybridized carbons (Fsp3) is 0.444. The number of rotatable bonds is 4. The summed E-state index contributed by atoms with van der Waals surface area (Å²) in [5.41, 5.74) is -0.763. The average Bonchev–Trinajstić information content (AvgIpc) is 2.17. The van der Waals surface area contributed by atoms with Gasteiger partial charge in [-0.05, 0) is 12.1 Å². The summed E-state index contributed by atoms with van der Waals surface area (Å²) in [4.78, 5) is 3.63. The second-order valence-corrected chi connectivity index (χ2v) is 2.82. The van der Waals surface area contributed by atoms with Gasteiger partial charge in [-0.3, -0.25) is 0 Å². The van der Waals surface area contributed by atoms with Crippen LogP contribution in [0.5, 0.6) is 0 Å². The molecular weight excluding hydrogens is 209 g/mol. The maximum Gasteiger partial charge on any atom is 0.419 e. The molecule has 15 heavy (non-hydrogen) atoms. The second kappa shape index (κ2) is 4.97. The van der Waals surface area contributed by atoms with Crippen molar-refractivity contribution in [1.29, 1.82) is 0 Å². The molecule has 0 aliphatic heterocycles. The first kappa shape index (κ1) is 11.8. The standard InChI is InChI=1S/C9H11F3N2O/c1-15-6-5-14-8-7(9(10,11)12)3-2-4-13-8/h2-4H,5-6H2,1H3,(H,13,14). The normalized spacial score (nSPS) is 11.5. The first-order chi connectivity index (χ1) is 7.05. The predicted molar refractivity (Wildman–Crippen MR) is 49.6 cm³/mol. The molecular formula is C9H11F3N2O. The van der Waals surface area contributed by atoms with Gasteiger partial charge in [-0.25, -0.2) is 4.98 Å². The molecule has 0 saturated heterocycles. The highest BCUT2D eigenvalue weighted by atomic mass is 19.4. The van der Waals surface area contributed by atoms with Crippen LogP contribution in [0.15, 0.2) is 18.3 Å². The largest absolute Gasteiger partial charge is 0.419 e. The van der Waals surface area contributed by atoms with E-state index in [0.717, 1.165) is 6.07 Å². The van der Waals surface area contributed by atoms with Crippen molar-refractivity contribution in [2.75, 3.05) is 25.6 Å². The zero-order chi connectivity index (χ0) is 11.3. The molecule has 0 fully saturated rings. The third-order valence-electron chi connectivity index (χ3n) is 1.71. The van der Waals surface area contributed by atoms with Gasteiger partial charge >= 0.3 is 6.18 Å². The second-order valence-electron chi connectivity index (χ2n) is 2.82. The van der Waals surface area contributed by atoms with E-state index >= 15 is 0 Å². The number of ether oxygens (including phenoxy) is 1. The third-order valence-corrected chi connectivity index (χ3v) is 1.71. The van der Waals surface area contributed by atoms with Gasteiger partial charge < -0.3 is 10.1 Å². The maximum atomic E-state index is 12.4. The van der Waals surface area contributed by atoms with Crippen LogP contribution in [0.25, 0.3) is 0 Å². The van der Waals surface area contributed by atoms with E-state index in [1.807, 2.05) is 0 Å². The molecule has 1 N–H and O–H groups in total. The van der Waals surface area contributed by atoms with Crippen molar-refractivity contribution < 1.29 is 17.9 Å². The average molecular weight is 220 g/mol. The molecule has 0 aromatic carbocycles. The Morgan fingerprint density at radius 3 is 2.80 bits per heavy atom. The van der Waals surface area contributed by atoms with Crippen LogP contribution < -0.4 is 5.32 Å². The van der Waals surface area contributed by atoms with E-state index in [0.29, 0.717) is 6.61 Å². The fourth-order valence-corrected chi connectivity index (χ4v) is 1.05. The molecule has 1 aromatic rings. The van der Waals surface area contributed by atoms with Crippen LogP contribution in [-0.4, -0.2) is 25.2 Å². The summed E-state index contributed by atoms with van der Waals surface area (Å²) < 4.78 is 42.1. The lowest BCUT2D eigenvalue weighted by Gasteiger charge is -2.12. The van der Waals surface area contributed by atoms with E-state index in [9.17, 15) is 13.2 Å². The van der Waals surface area contributed by atoms with Crippen molar-refractivity contribution >= 4 is 5.82 Å². The monoisotopic (exact) mass is 220 g/mol. The number of alkyl halides is 3. The summed E-state index contributed by atoms with van der Waals surface area (Å²) in [7, 11) is 1.48. The Balaban J connectivity index is 2.78. The van der Waals surface area contributed by atoms with Gasteiger partial charge in [0, 0.05) is 19.9 Å². The molecule has 0 spiro atoms. The van der Waals surface area contributed by atoms with Crippen LogP contribution in [0.2, 0.25) is 0 Å². The summed E-state index contributed by atoms with van der Waals surface area (Å²) in [6.45, 7) is 0.616. The predicted octanol–water partition coefficient (Wildman–Crippen LogP) is 2.16. The molecule has 0 amide bonds. The number of halogens is 3. The lowest BCUT2D eigenvalue weighted by atomic mass is 10.2. The van der Waals surface area contributed by atoms with E-state index in [1.165, 1.54) is 19.4 Å². The van der Waals surface area contributed by atoms with Crippen molar-refractivity contribution in [3.63, 3.8) is 0 Å². The van der Waals surface area contributed by atoms with Gasteiger partial charge in [0.15, 0.2) is 0 Å². The van der Waals surface area contributed by atoms with Gasteiger partial charge in [0.25, 0.3) is 0 Å². The Kier molecular flexibility index (Phi) is 3.90. The Labute approximate surface area is 85.3 Å². The smallest absolute Gasteiger partial charge is 0.383 e. The van der Waals surface area contributed by atoms with Gasteiger partial charge in [0.2, 0.25) is 0 Å². The zero-order valence-corrected chi connectivity index (χ0v) is 8.14. The van der Waals surface area contributed by atoms with Crippen molar-refractivity contribution in [3.05, 3.63) is 23.9 Å². The Morgan fingerprint density at radius 2 is 2.20 bits per heavy atom. The summed E-state index contributed by atoms with van der Waals surface area (Å²) >= 11 is 0. The van der Waals surface area contributed by atoms with Crippen molar-refractivity contribution in [1.82, 2.24) is 4.98 Å². The first-order valence-electron chi connectivity index (χ1n) is 4.30. The molecule has 84 valence electrons. The van der Waals surface area contributed by atoms with Crippen molar-refractivity contribution in [3.8, 4) is 0 Å². The van der Waals surface area contributed by atoms with Crippen LogP contribution in [-0.2, 0) is 10.9 Å². The number of nitrogens with one attached hydrogen (secondary N) is 1. The van der Waals surface area contributed by atoms with Crippen LogP contribution in [0.4, 0.5) is 19.0 Å². The molecule has 0 radical (unpaired) electrons. The Morgan fingerprint density at radius 1 is 1.47 bits per heavy atom. The number of methoxy groups -OCH3 is 1. The molecule has 0 saturated carbocycles. The van der Waals surface area contributed by atoms with Crippen LogP contribution in [0.3, 0.4) is 0 Å². The molecule has 3 nitrogen and oxygen atoms in total. The van der Waals surface area contributed by atoms with Crippen molar-refractivity contribution in [2.24, 2.45) is 0 Å². The number of hydrogen-bond donors (Lipinski definition) is 1. The summed E-state index contributed by atoms with van der Waals surface area (Å²) in [5.74, 6) is -0.165. The third kappa shape index (κ3) is 3.39. The van der Waals surface area contributed by atoms with E-state index in [-0.39, 0.29) is 12.4 Å². The van der Waals surface area contributed by atoms with Gasteiger partial charge in [-0.15, -0.1) is 0 Å². The van der Waals surface area contributed by atoms with Crippen molar-refractivity contribution in [2.45, 2.75) is 6.18 Å². The van der Waals surface area contributed by atoms with Crippen LogP contribution >= 0.6 is 0 Å². The number of hydrogen-bond acceptors (Lipinski definition) is 3. The van der Waals surface area contributed by atoms with Gasteiger partial charge in [-0.2, -0.15) is 13.2 Å². The van der Waals surface area contributed by atoms with Crippen LogP contribution in [0.1, 0.15) is 5.56 Å². The van der Waals surface area contributed by atoms with E-state index < -0.39 is 11.7 Å². The van der Waals surface area contributed by atoms with Gasteiger partial charge in [0.1, 0.15) is 5.82 Å². The fourth-order valence-electron chi connectivity index (χ4n) is 1.05. The van der Waals surface area contributed by atoms with Gasteiger partial charge in [0.05, 0.1) is 12.2 Å². The van der Waals surface area contributed by atoms with E-state index in [1.54, 1.807) is 0 Å². The Hall–Kier alpha value is -1.30. The minimum atomic E-state index is -4.39. The molecule has 1 rings (SSSR count). The molecule has 6 heteroatoms. The molecule has 0 unspecified atom stereocenters. The topological polar surface area (TPSA) is 34.1 Å². The van der Waals surface area contributed by atoms with Crippen LogP contribution in [0, 0.1) is 0 Å². The number of anilines is 1. The highest BCUT2D eigenvalue weighted by Gasteiger charge is 2.33. The summed E-state index contributed by atoms with van der Waals surface area (Å²) in [5, 5.41) is 2.56. The summed E-state index contributed by atoms with van der Waals surface area (Å²) in [6, 6.07) is 2.24. The van der Waals surface area contributed by atoms with E-state index in [2.05, 4.69) is 10.3 Å². The molecule has 1 heterocycles. The number of aromatic nitrogens is 1. The van der Waals surface area contributed by atoms with Gasteiger partial charge in [-0.1, -0.05) is 0 Å². The highest BCUT2D eigenvalue weighted by molar-refractivity contribution is 5.45. The maximum absolute atomic E-state index is 12.4. The summed E-state index contributed by atoms with van der Waals surface area (Å²) in [6.07, 6.45) is -3.08. The van der Waals surface area contributed by atoms with E-state index in [4.69, 9.17) is 4.74 Å². The molecule has 0 atom stereocenters. The lowest BCUT2D eigenvalue weighted by Crippen LogP contribution is -2.15. The quantitative estimate of drug-likeness (QED) is 0.789. The number of pyridine rings is 1. The first-order valence-corrected chi connectivity index (χ1v) is 4.30. The lowest BCUT2D eigenvalue weighted by molar-refractivity contribution is -0.137. The SMILES string of the molecule is COCCNc1ncccc1C(F)(F)F. The Bertz CT molecular complexity index is 314. The molecule has 0 bridgehead atoms. The molecule has 0 aliphatic rings. The zero-order valence-electron chi connectivity index (χ0n) is 8.14. The molecule has 0 aliphatic carbocycles. The minimum Gasteiger partial charge on any atom is -0.383 e. The number of nitrogens with zero attached hydrogens (tertiary/aromatic N) is 1. The molecule has 1 aromatic heterocycles. The highest BCUT2D eigenvalue weighted by Crippen LogP contribution is 2.33.